The van der Waals surface area contributed by atoms with Crippen LogP contribution in [-0.4, -0.2) is 103 Å². The van der Waals surface area contributed by atoms with E-state index in [-0.39, 0.29) is 61.6 Å². The van der Waals surface area contributed by atoms with E-state index in [1.807, 2.05) is 42.3 Å². The first-order valence-corrected chi connectivity index (χ1v) is 26.1. The molecule has 3 aromatic rings. The number of Topliss-reactive ketones (excluding diaryl/α,β-unsaturated/α-hetero) is 1. The number of imidazole rings is 1. The smallest absolute Gasteiger partial charge is 0.404 e. The average Bonchev–Trinajstić information content (AvgIpc) is 3.98. The molecule has 0 aliphatic carbocycles. The Morgan fingerprint density at radius 2 is 1.49 bits per heavy atom. The summed E-state index contributed by atoms with van der Waals surface area (Å²) in [4.78, 5) is 99.7. The highest BCUT2D eigenvalue weighted by atomic mass is 31.2. The molecule has 368 valence electrons. The minimum Gasteiger partial charge on any atom is -0.404 e. The van der Waals surface area contributed by atoms with Crippen molar-refractivity contribution in [3.8, 4) is 5.75 Å². The van der Waals surface area contributed by atoms with E-state index in [2.05, 4.69) is 32.8 Å². The van der Waals surface area contributed by atoms with Crippen LogP contribution in [0.5, 0.6) is 5.75 Å². The largest absolute Gasteiger partial charge is 0.524 e. The maximum Gasteiger partial charge on any atom is 0.524 e. The van der Waals surface area contributed by atoms with Gasteiger partial charge in [0.05, 0.1) is 18.3 Å². The van der Waals surface area contributed by atoms with Crippen LogP contribution in [0, 0.1) is 5.92 Å². The number of aromatic amines is 1. The van der Waals surface area contributed by atoms with Crippen LogP contribution in [0.3, 0.4) is 0 Å². The SMILES string of the molecule is CCCCCCCCCCCCCCCC(=O)N[C@@H](Cc1ccc(OP(=O)(O)O)cc1)C(=O)N[C@H]1CN(C)CC[C@H]2CC[C@@H](C(=O)C[C@@H](Cc3cnc[nH]3)C(=O)NCc3ccccc3)N2C1=O. The molecule has 2 aliphatic rings. The van der Waals surface area contributed by atoms with E-state index in [4.69, 9.17) is 4.52 Å². The van der Waals surface area contributed by atoms with Crippen LogP contribution in [0.1, 0.15) is 139 Å². The molecular formula is C50H74N7O9P. The molecule has 4 amide bonds. The molecule has 2 saturated heterocycles. The Kier molecular flexibility index (Phi) is 22.0. The van der Waals surface area contributed by atoms with Gasteiger partial charge in [0.15, 0.2) is 5.78 Å². The van der Waals surface area contributed by atoms with Crippen LogP contribution in [0.2, 0.25) is 0 Å². The Morgan fingerprint density at radius 1 is 0.836 bits per heavy atom. The van der Waals surface area contributed by atoms with E-state index in [1.165, 1.54) is 76.2 Å². The van der Waals surface area contributed by atoms with Crippen molar-refractivity contribution in [3.63, 3.8) is 0 Å². The molecule has 2 aliphatic heterocycles. The van der Waals surface area contributed by atoms with E-state index in [1.54, 1.807) is 23.2 Å². The third-order valence-corrected chi connectivity index (χ3v) is 13.4. The van der Waals surface area contributed by atoms with Crippen molar-refractivity contribution in [3.05, 3.63) is 83.9 Å². The Bertz CT molecular complexity index is 2030. The number of likely N-dealkylation sites (N-methyl/N-ethyl adjacent to an activating group) is 1. The molecule has 2 fully saturated rings. The van der Waals surface area contributed by atoms with Gasteiger partial charge in [0.1, 0.15) is 17.8 Å². The predicted octanol–water partition coefficient (Wildman–Crippen LogP) is 6.70. The number of phosphoric ester groups is 1. The molecule has 0 unspecified atom stereocenters. The average molecular weight is 948 g/mol. The molecule has 5 atom stereocenters. The minimum atomic E-state index is -4.79. The van der Waals surface area contributed by atoms with Gasteiger partial charge in [-0.25, -0.2) is 9.55 Å². The molecule has 0 spiro atoms. The standard InChI is InChI=1S/C50H74N7O9P/c1-3-4-5-6-7-8-9-10-11-12-13-14-18-21-47(59)54-43(30-37-22-25-42(26-23-37)66-67(63,64)65)49(61)55-44-35-56(2)29-28-41-24-27-45(57(41)50(44)62)46(58)32-39(31-40-34-51-36-53-40)48(60)52-33-38-19-16-15-17-20-38/h15-17,19-20,22-23,25-26,34,36,39,41,43-45H,3-14,18,21,24,27-33,35H2,1-2H3,(H,51,53)(H,52,60)(H,54,59)(H,55,61)(H2,63,64,65)/t39-,41-,43+,44+,45+/m1/s1. The fourth-order valence-electron chi connectivity index (χ4n) is 9.29. The van der Waals surface area contributed by atoms with Gasteiger partial charge in [0.25, 0.3) is 0 Å². The summed E-state index contributed by atoms with van der Waals surface area (Å²) in [7, 11) is -2.91. The maximum atomic E-state index is 14.7. The van der Waals surface area contributed by atoms with Crippen molar-refractivity contribution in [1.29, 1.82) is 0 Å². The first-order valence-electron chi connectivity index (χ1n) is 24.6. The van der Waals surface area contributed by atoms with Gasteiger partial charge in [0.2, 0.25) is 23.6 Å². The van der Waals surface area contributed by atoms with Gasteiger partial charge in [-0.3, -0.25) is 33.8 Å². The summed E-state index contributed by atoms with van der Waals surface area (Å²) in [6.45, 7) is 3.33. The zero-order valence-electron chi connectivity index (χ0n) is 39.5. The number of unbranched alkanes of at least 4 members (excludes halogenated alkanes) is 12. The summed E-state index contributed by atoms with van der Waals surface area (Å²) in [5.74, 6) is -2.54. The first kappa shape index (κ1) is 53.1. The second-order valence-corrected chi connectivity index (χ2v) is 19.7. The van der Waals surface area contributed by atoms with Crippen LogP contribution >= 0.6 is 7.82 Å². The summed E-state index contributed by atoms with van der Waals surface area (Å²) in [5.41, 5.74) is 2.22. The normalized spacial score (nSPS) is 18.6. The van der Waals surface area contributed by atoms with Crippen molar-refractivity contribution in [1.82, 2.24) is 35.7 Å². The number of hydrogen-bond acceptors (Lipinski definition) is 9. The minimum absolute atomic E-state index is 0.0284. The Balaban J connectivity index is 1.22. The number of amides is 4. The van der Waals surface area contributed by atoms with E-state index < -0.39 is 43.7 Å². The summed E-state index contributed by atoms with van der Waals surface area (Å²) >= 11 is 0. The molecule has 16 nitrogen and oxygen atoms in total. The van der Waals surface area contributed by atoms with E-state index in [9.17, 15) is 38.3 Å². The topological polar surface area (TPSA) is 223 Å². The molecule has 5 rings (SSSR count). The van der Waals surface area contributed by atoms with Crippen LogP contribution in [0.15, 0.2) is 67.1 Å². The third kappa shape index (κ3) is 18.6. The van der Waals surface area contributed by atoms with Gasteiger partial charge in [-0.15, -0.1) is 0 Å². The number of rotatable bonds is 29. The molecule has 17 heteroatoms. The highest BCUT2D eigenvalue weighted by molar-refractivity contribution is 7.46. The van der Waals surface area contributed by atoms with Gasteiger partial charge < -0.3 is 35.3 Å². The van der Waals surface area contributed by atoms with E-state index in [0.717, 1.165) is 24.8 Å². The zero-order chi connectivity index (χ0) is 48.0. The van der Waals surface area contributed by atoms with Crippen molar-refractivity contribution in [2.24, 2.45) is 5.92 Å². The number of hydrogen-bond donors (Lipinski definition) is 6. The Hall–Kier alpha value is -4.89. The lowest BCUT2D eigenvalue weighted by Crippen LogP contribution is -2.61. The summed E-state index contributed by atoms with van der Waals surface area (Å²) in [6.07, 6.45) is 20.5. The number of carbonyl (C=O) groups excluding carboxylic acids is 5. The van der Waals surface area contributed by atoms with Crippen LogP contribution in [0.4, 0.5) is 0 Å². The summed E-state index contributed by atoms with van der Waals surface area (Å²) in [6, 6.07) is 12.2. The number of fused-ring (bicyclic) bond motifs is 1. The molecule has 67 heavy (non-hydrogen) atoms. The second kappa shape index (κ2) is 27.8. The van der Waals surface area contributed by atoms with Crippen molar-refractivity contribution in [2.75, 3.05) is 20.1 Å². The molecule has 2 aromatic carbocycles. The van der Waals surface area contributed by atoms with Crippen molar-refractivity contribution < 1.29 is 42.8 Å². The fraction of sp³-hybridized carbons (Fsp3) is 0.600. The third-order valence-electron chi connectivity index (χ3n) is 13.0. The number of carbonyl (C=O) groups is 5. The molecule has 3 heterocycles. The van der Waals surface area contributed by atoms with Crippen LogP contribution < -0.4 is 20.5 Å². The van der Waals surface area contributed by atoms with Gasteiger partial charge in [-0.1, -0.05) is 126 Å². The highest BCUT2D eigenvalue weighted by Gasteiger charge is 2.45. The first-order chi connectivity index (χ1) is 32.3. The monoisotopic (exact) mass is 948 g/mol. The van der Waals surface area contributed by atoms with Crippen molar-refractivity contribution in [2.45, 2.75) is 166 Å². The van der Waals surface area contributed by atoms with Crippen LogP contribution in [-0.2, 0) is 47.9 Å². The Morgan fingerprint density at radius 3 is 2.12 bits per heavy atom. The molecule has 0 saturated carbocycles. The number of phosphoric acid groups is 1. The van der Waals surface area contributed by atoms with Gasteiger partial charge >= 0.3 is 7.82 Å². The molecule has 1 aromatic heterocycles. The summed E-state index contributed by atoms with van der Waals surface area (Å²) < 4.78 is 16.1. The van der Waals surface area contributed by atoms with Gasteiger partial charge in [0, 0.05) is 56.7 Å². The summed E-state index contributed by atoms with van der Waals surface area (Å²) in [5, 5.41) is 8.83. The second-order valence-electron chi connectivity index (χ2n) is 18.5. The lowest BCUT2D eigenvalue weighted by atomic mass is 9.92. The number of benzene rings is 2. The predicted molar refractivity (Wildman–Crippen MR) is 256 cm³/mol. The number of ketones is 1. The highest BCUT2D eigenvalue weighted by Crippen LogP contribution is 2.37. The molecule has 0 bridgehead atoms. The molecule has 6 N–H and O–H groups in total. The number of nitrogens with zero attached hydrogens (tertiary/aromatic N) is 3. The number of aromatic nitrogens is 2. The number of nitrogens with one attached hydrogen (secondary N) is 4. The molecular weight excluding hydrogens is 874 g/mol. The number of H-pyrrole nitrogens is 1. The maximum absolute atomic E-state index is 14.7. The zero-order valence-corrected chi connectivity index (χ0v) is 40.4. The fourth-order valence-corrected chi connectivity index (χ4v) is 9.69. The van der Waals surface area contributed by atoms with E-state index in [0.29, 0.717) is 50.0 Å². The molecule has 0 radical (unpaired) electrons. The van der Waals surface area contributed by atoms with E-state index >= 15 is 0 Å². The van der Waals surface area contributed by atoms with Gasteiger partial charge in [-0.2, -0.15) is 0 Å². The quantitative estimate of drug-likeness (QED) is 0.0317. The lowest BCUT2D eigenvalue weighted by Gasteiger charge is -2.38. The van der Waals surface area contributed by atoms with Crippen molar-refractivity contribution >= 4 is 37.2 Å². The van der Waals surface area contributed by atoms with Crippen LogP contribution in [0.25, 0.3) is 0 Å². The Labute approximate surface area is 396 Å². The van der Waals surface area contributed by atoms with Gasteiger partial charge in [-0.05, 0) is 62.5 Å². The lowest BCUT2D eigenvalue weighted by molar-refractivity contribution is -0.145.